The normalized spacial score (nSPS) is 13.6. The van der Waals surface area contributed by atoms with E-state index in [2.05, 4.69) is 34.5 Å². The molecule has 7 heteroatoms. The van der Waals surface area contributed by atoms with E-state index in [0.29, 0.717) is 26.2 Å². The van der Waals surface area contributed by atoms with E-state index in [-0.39, 0.29) is 29.5 Å². The third kappa shape index (κ3) is 4.67. The highest BCUT2D eigenvalue weighted by molar-refractivity contribution is 5.97. The number of carbonyl (C=O) groups excluding carboxylic acids is 2. The summed E-state index contributed by atoms with van der Waals surface area (Å²) in [5, 5.41) is 21.5. The van der Waals surface area contributed by atoms with Gasteiger partial charge >= 0.3 is 0 Å². The second kappa shape index (κ2) is 9.43. The van der Waals surface area contributed by atoms with Gasteiger partial charge in [0.15, 0.2) is 11.5 Å². The molecule has 3 aromatic carbocycles. The summed E-state index contributed by atoms with van der Waals surface area (Å²) in [5.74, 6) is -1.32. The fraction of sp³-hybridized carbons (Fsp3) is 0.200. The zero-order valence-electron chi connectivity index (χ0n) is 17.6. The first-order valence-corrected chi connectivity index (χ1v) is 10.5. The zero-order chi connectivity index (χ0) is 22.5. The Morgan fingerprint density at radius 3 is 2.22 bits per heavy atom. The molecule has 3 N–H and O–H groups in total. The quantitative estimate of drug-likeness (QED) is 0.540. The highest BCUT2D eigenvalue weighted by Crippen LogP contribution is 2.31. The first-order valence-electron chi connectivity index (χ1n) is 10.5. The number of para-hydroxylation sites is 1. The summed E-state index contributed by atoms with van der Waals surface area (Å²) in [6.07, 6.45) is 0. The fourth-order valence-electron chi connectivity index (χ4n) is 3.84. The van der Waals surface area contributed by atoms with Crippen LogP contribution in [0.2, 0.25) is 0 Å². The number of anilines is 1. The third-order valence-corrected chi connectivity index (χ3v) is 5.60. The molecule has 0 unspecified atom stereocenters. The molecule has 3 aromatic rings. The molecule has 164 valence electrons. The van der Waals surface area contributed by atoms with Crippen LogP contribution in [0, 0.1) is 0 Å². The summed E-state index contributed by atoms with van der Waals surface area (Å²) >= 11 is 0. The monoisotopic (exact) mass is 431 g/mol. The van der Waals surface area contributed by atoms with Crippen molar-refractivity contribution in [1.82, 2.24) is 10.2 Å². The SMILES string of the molecule is O=C(NCC(=O)N1CCN(c2ccccc2-c2ccccc2)CC1)c1ccc(O)c(O)c1. The Bertz CT molecular complexity index is 1110. The van der Waals surface area contributed by atoms with E-state index >= 15 is 0 Å². The number of hydrogen-bond acceptors (Lipinski definition) is 5. The van der Waals surface area contributed by atoms with Crippen LogP contribution in [0.15, 0.2) is 72.8 Å². The Kier molecular flexibility index (Phi) is 6.26. The van der Waals surface area contributed by atoms with E-state index in [9.17, 15) is 19.8 Å². The van der Waals surface area contributed by atoms with Crippen molar-refractivity contribution in [1.29, 1.82) is 0 Å². The lowest BCUT2D eigenvalue weighted by atomic mass is 10.0. The summed E-state index contributed by atoms with van der Waals surface area (Å²) in [7, 11) is 0. The molecule has 0 spiro atoms. The molecule has 4 rings (SSSR count). The molecule has 32 heavy (non-hydrogen) atoms. The van der Waals surface area contributed by atoms with Crippen molar-refractivity contribution < 1.29 is 19.8 Å². The lowest BCUT2D eigenvalue weighted by Crippen LogP contribution is -2.51. The Hall–Kier alpha value is -4.00. The van der Waals surface area contributed by atoms with Crippen LogP contribution in [0.1, 0.15) is 10.4 Å². The van der Waals surface area contributed by atoms with Crippen molar-refractivity contribution in [3.05, 3.63) is 78.4 Å². The fourth-order valence-corrected chi connectivity index (χ4v) is 3.84. The van der Waals surface area contributed by atoms with Crippen molar-refractivity contribution in [2.45, 2.75) is 0 Å². The predicted molar refractivity (Wildman–Crippen MR) is 123 cm³/mol. The van der Waals surface area contributed by atoms with Gasteiger partial charge in [-0.2, -0.15) is 0 Å². The second-order valence-corrected chi connectivity index (χ2v) is 7.64. The Labute approximate surface area is 186 Å². The number of nitrogens with one attached hydrogen (secondary N) is 1. The van der Waals surface area contributed by atoms with Crippen molar-refractivity contribution in [3.8, 4) is 22.6 Å². The molecule has 0 atom stereocenters. The molecule has 0 radical (unpaired) electrons. The number of amides is 2. The number of phenolic OH excluding ortho intramolecular Hbond substituents is 2. The van der Waals surface area contributed by atoms with Gasteiger partial charge in [0, 0.05) is 43.0 Å². The van der Waals surface area contributed by atoms with Crippen LogP contribution < -0.4 is 10.2 Å². The lowest BCUT2D eigenvalue weighted by Gasteiger charge is -2.37. The minimum absolute atomic E-state index is 0.124. The maximum Gasteiger partial charge on any atom is 0.251 e. The summed E-state index contributed by atoms with van der Waals surface area (Å²) < 4.78 is 0. The summed E-state index contributed by atoms with van der Waals surface area (Å²) in [6, 6.07) is 22.3. The first-order chi connectivity index (χ1) is 15.5. The Balaban J connectivity index is 1.34. The molecule has 1 aliphatic heterocycles. The molecule has 0 aromatic heterocycles. The first kappa shape index (κ1) is 21.2. The lowest BCUT2D eigenvalue weighted by molar-refractivity contribution is -0.130. The van der Waals surface area contributed by atoms with E-state index in [1.54, 1.807) is 4.90 Å². The summed E-state index contributed by atoms with van der Waals surface area (Å²) in [4.78, 5) is 28.8. The molecule has 0 bridgehead atoms. The van der Waals surface area contributed by atoms with Gasteiger partial charge in [0.05, 0.1) is 6.54 Å². The van der Waals surface area contributed by atoms with Crippen LogP contribution in [-0.2, 0) is 4.79 Å². The molecule has 0 saturated carbocycles. The zero-order valence-corrected chi connectivity index (χ0v) is 17.6. The summed E-state index contributed by atoms with van der Waals surface area (Å²) in [5.41, 5.74) is 3.64. The number of aromatic hydroxyl groups is 2. The van der Waals surface area contributed by atoms with Crippen LogP contribution >= 0.6 is 0 Å². The van der Waals surface area contributed by atoms with Crippen molar-refractivity contribution in [2.75, 3.05) is 37.6 Å². The largest absolute Gasteiger partial charge is 0.504 e. The molecular weight excluding hydrogens is 406 g/mol. The van der Waals surface area contributed by atoms with E-state index in [4.69, 9.17) is 0 Å². The maximum atomic E-state index is 12.6. The maximum absolute atomic E-state index is 12.6. The van der Waals surface area contributed by atoms with Gasteiger partial charge in [-0.3, -0.25) is 9.59 Å². The van der Waals surface area contributed by atoms with Crippen LogP contribution in [0.5, 0.6) is 11.5 Å². The van der Waals surface area contributed by atoms with Crippen molar-refractivity contribution in [2.24, 2.45) is 0 Å². The van der Waals surface area contributed by atoms with Gasteiger partial charge in [-0.1, -0.05) is 48.5 Å². The molecule has 0 aliphatic carbocycles. The number of phenols is 2. The molecule has 1 saturated heterocycles. The number of rotatable bonds is 5. The summed E-state index contributed by atoms with van der Waals surface area (Å²) in [6.45, 7) is 2.42. The standard InChI is InChI=1S/C25H25N3O4/c29-22-11-10-19(16-23(22)30)25(32)26-17-24(31)28-14-12-27(13-15-28)21-9-5-4-8-20(21)18-6-2-1-3-7-18/h1-11,16,29-30H,12-15,17H2,(H,26,32). The minimum Gasteiger partial charge on any atom is -0.504 e. The van der Waals surface area contributed by atoms with Gasteiger partial charge in [-0.15, -0.1) is 0 Å². The Morgan fingerprint density at radius 2 is 1.50 bits per heavy atom. The van der Waals surface area contributed by atoms with Crippen molar-refractivity contribution in [3.63, 3.8) is 0 Å². The smallest absolute Gasteiger partial charge is 0.251 e. The molecular formula is C25H25N3O4. The highest BCUT2D eigenvalue weighted by atomic mass is 16.3. The van der Waals surface area contributed by atoms with Gasteiger partial charge in [-0.25, -0.2) is 0 Å². The average molecular weight is 431 g/mol. The van der Waals surface area contributed by atoms with Gasteiger partial charge in [0.1, 0.15) is 0 Å². The number of piperazine rings is 1. The highest BCUT2D eigenvalue weighted by Gasteiger charge is 2.23. The molecule has 7 nitrogen and oxygen atoms in total. The van der Waals surface area contributed by atoms with Gasteiger partial charge in [0.2, 0.25) is 5.91 Å². The van der Waals surface area contributed by atoms with Crippen LogP contribution in [-0.4, -0.2) is 59.7 Å². The van der Waals surface area contributed by atoms with E-state index < -0.39 is 5.91 Å². The molecule has 1 aliphatic rings. The second-order valence-electron chi connectivity index (χ2n) is 7.64. The number of benzene rings is 3. The van der Waals surface area contributed by atoms with E-state index in [0.717, 1.165) is 22.9 Å². The minimum atomic E-state index is -0.482. The number of nitrogens with zero attached hydrogens (tertiary/aromatic N) is 2. The van der Waals surface area contributed by atoms with Gasteiger partial charge in [0.25, 0.3) is 5.91 Å². The Morgan fingerprint density at radius 1 is 0.812 bits per heavy atom. The van der Waals surface area contributed by atoms with Gasteiger partial charge < -0.3 is 25.3 Å². The topological polar surface area (TPSA) is 93.1 Å². The molecule has 1 fully saturated rings. The van der Waals surface area contributed by atoms with E-state index in [1.807, 2.05) is 30.3 Å². The third-order valence-electron chi connectivity index (χ3n) is 5.60. The predicted octanol–water partition coefficient (Wildman–Crippen LogP) is 2.84. The number of carbonyl (C=O) groups is 2. The van der Waals surface area contributed by atoms with Gasteiger partial charge in [-0.05, 0) is 29.8 Å². The van der Waals surface area contributed by atoms with Crippen molar-refractivity contribution >= 4 is 17.5 Å². The van der Waals surface area contributed by atoms with E-state index in [1.165, 1.54) is 12.1 Å². The molecule has 2 amide bonds. The average Bonchev–Trinajstić information content (AvgIpc) is 2.84. The molecule has 1 heterocycles. The van der Waals surface area contributed by atoms with Crippen LogP contribution in [0.25, 0.3) is 11.1 Å². The van der Waals surface area contributed by atoms with Crippen LogP contribution in [0.4, 0.5) is 5.69 Å². The number of hydrogen-bond donors (Lipinski definition) is 3. The van der Waals surface area contributed by atoms with Crippen LogP contribution in [0.3, 0.4) is 0 Å².